The molecule has 35 heavy (non-hydrogen) atoms. The fourth-order valence-corrected chi connectivity index (χ4v) is 5.79. The standard InChI is InChI=1S/C27H37N5O3/c1-18-6-4-8-23(19(18)2)29-14-16-31(17-15-29)26(34)20(3)32-24-9-5-7-22(24)25(28-32)27(35)30-12-10-21(33)11-13-30/h4,6,8,20-21,33H,5,7,9-17H2,1-3H3/t20-/m0/s1. The average molecular weight is 480 g/mol. The van der Waals surface area contributed by atoms with E-state index < -0.39 is 6.04 Å². The number of piperidine rings is 1. The Bertz CT molecular complexity index is 1110. The van der Waals surface area contributed by atoms with Crippen molar-refractivity contribution in [2.75, 3.05) is 44.2 Å². The van der Waals surface area contributed by atoms with Crippen molar-refractivity contribution in [3.63, 3.8) is 0 Å². The monoisotopic (exact) mass is 479 g/mol. The maximum absolute atomic E-state index is 13.5. The SMILES string of the molecule is Cc1cccc(N2CCN(C(=O)[C@H](C)n3nc(C(=O)N4CCC(O)CC4)c4c3CCC4)CC2)c1C. The van der Waals surface area contributed by atoms with Crippen LogP contribution in [-0.2, 0) is 17.6 Å². The molecule has 2 aromatic rings. The van der Waals surface area contributed by atoms with Gasteiger partial charge in [-0.1, -0.05) is 12.1 Å². The van der Waals surface area contributed by atoms with Crippen LogP contribution in [0.4, 0.5) is 5.69 Å². The zero-order valence-electron chi connectivity index (χ0n) is 21.2. The van der Waals surface area contributed by atoms with Crippen molar-refractivity contribution in [2.45, 2.75) is 65.0 Å². The molecule has 8 heteroatoms. The minimum absolute atomic E-state index is 0.0596. The lowest BCUT2D eigenvalue weighted by atomic mass is 10.1. The molecule has 1 aromatic heterocycles. The minimum atomic E-state index is -0.432. The molecule has 0 bridgehead atoms. The summed E-state index contributed by atoms with van der Waals surface area (Å²) in [4.78, 5) is 32.9. The lowest BCUT2D eigenvalue weighted by molar-refractivity contribution is -0.134. The van der Waals surface area contributed by atoms with E-state index in [1.165, 1.54) is 16.8 Å². The van der Waals surface area contributed by atoms with Crippen molar-refractivity contribution in [2.24, 2.45) is 0 Å². The van der Waals surface area contributed by atoms with E-state index in [0.29, 0.717) is 44.7 Å². The van der Waals surface area contributed by atoms with E-state index in [4.69, 9.17) is 5.10 Å². The number of hydrogen-bond donors (Lipinski definition) is 1. The van der Waals surface area contributed by atoms with Crippen LogP contribution in [0, 0.1) is 13.8 Å². The molecule has 2 saturated heterocycles. The first-order valence-electron chi connectivity index (χ1n) is 13.0. The van der Waals surface area contributed by atoms with Crippen molar-refractivity contribution >= 4 is 17.5 Å². The molecule has 188 valence electrons. The molecule has 1 aromatic carbocycles. The molecular weight excluding hydrogens is 442 g/mol. The maximum atomic E-state index is 13.5. The predicted molar refractivity (Wildman–Crippen MR) is 135 cm³/mol. The third-order valence-corrected chi connectivity index (χ3v) is 8.15. The number of piperazine rings is 1. The van der Waals surface area contributed by atoms with Crippen molar-refractivity contribution in [3.8, 4) is 0 Å². The van der Waals surface area contributed by atoms with Gasteiger partial charge in [0, 0.05) is 56.2 Å². The first-order chi connectivity index (χ1) is 16.8. The number of benzene rings is 1. The minimum Gasteiger partial charge on any atom is -0.393 e. The fourth-order valence-electron chi connectivity index (χ4n) is 5.79. The Hall–Kier alpha value is -2.87. The first kappa shape index (κ1) is 23.9. The lowest BCUT2D eigenvalue weighted by Crippen LogP contribution is -2.50. The maximum Gasteiger partial charge on any atom is 0.274 e. The van der Waals surface area contributed by atoms with Crippen LogP contribution in [0.2, 0.25) is 0 Å². The molecule has 0 unspecified atom stereocenters. The zero-order chi connectivity index (χ0) is 24.7. The molecular formula is C27H37N5O3. The highest BCUT2D eigenvalue weighted by molar-refractivity contribution is 5.94. The summed E-state index contributed by atoms with van der Waals surface area (Å²) in [6.07, 6.45) is 3.57. The number of fused-ring (bicyclic) bond motifs is 1. The lowest BCUT2D eigenvalue weighted by Gasteiger charge is -2.38. The van der Waals surface area contributed by atoms with E-state index >= 15 is 0 Å². The molecule has 0 spiro atoms. The van der Waals surface area contributed by atoms with Gasteiger partial charge in [0.2, 0.25) is 5.91 Å². The number of amides is 2. The third kappa shape index (κ3) is 4.44. The number of hydrogen-bond acceptors (Lipinski definition) is 5. The molecule has 3 heterocycles. The Labute approximate surface area is 207 Å². The van der Waals surface area contributed by atoms with Crippen LogP contribution >= 0.6 is 0 Å². The summed E-state index contributed by atoms with van der Waals surface area (Å²) in [5.74, 6) is 0.0125. The summed E-state index contributed by atoms with van der Waals surface area (Å²) in [5, 5.41) is 14.5. The van der Waals surface area contributed by atoms with E-state index in [0.717, 1.165) is 43.6 Å². The Morgan fingerprint density at radius 3 is 2.43 bits per heavy atom. The molecule has 0 radical (unpaired) electrons. The quantitative estimate of drug-likeness (QED) is 0.729. The topological polar surface area (TPSA) is 81.9 Å². The summed E-state index contributed by atoms with van der Waals surface area (Å²) in [7, 11) is 0. The van der Waals surface area contributed by atoms with Crippen LogP contribution in [0.15, 0.2) is 18.2 Å². The third-order valence-electron chi connectivity index (χ3n) is 8.15. The van der Waals surface area contributed by atoms with E-state index in [1.54, 1.807) is 4.90 Å². The van der Waals surface area contributed by atoms with Crippen molar-refractivity contribution in [1.29, 1.82) is 0 Å². The number of anilines is 1. The molecule has 2 aliphatic heterocycles. The molecule has 1 aliphatic carbocycles. The van der Waals surface area contributed by atoms with Crippen LogP contribution in [0.1, 0.15) is 65.1 Å². The number of aliphatic hydroxyl groups excluding tert-OH is 1. The van der Waals surface area contributed by atoms with Gasteiger partial charge in [0.05, 0.1) is 6.10 Å². The average Bonchev–Trinajstić information content (AvgIpc) is 3.48. The molecule has 1 N–H and O–H groups in total. The highest BCUT2D eigenvalue weighted by Crippen LogP contribution is 2.30. The fraction of sp³-hybridized carbons (Fsp3) is 0.593. The van der Waals surface area contributed by atoms with Gasteiger partial charge in [-0.2, -0.15) is 5.10 Å². The van der Waals surface area contributed by atoms with Crippen molar-refractivity contribution in [1.82, 2.24) is 19.6 Å². The summed E-state index contributed by atoms with van der Waals surface area (Å²) in [6, 6.07) is 5.97. The van der Waals surface area contributed by atoms with Gasteiger partial charge in [-0.25, -0.2) is 0 Å². The van der Waals surface area contributed by atoms with Gasteiger partial charge in [0.25, 0.3) is 5.91 Å². The molecule has 8 nitrogen and oxygen atoms in total. The zero-order valence-corrected chi connectivity index (χ0v) is 21.2. The Balaban J connectivity index is 1.29. The van der Waals surface area contributed by atoms with Gasteiger partial charge >= 0.3 is 0 Å². The largest absolute Gasteiger partial charge is 0.393 e. The van der Waals surface area contributed by atoms with Crippen LogP contribution in [-0.4, -0.2) is 81.9 Å². The molecule has 0 saturated carbocycles. The van der Waals surface area contributed by atoms with Crippen LogP contribution in [0.25, 0.3) is 0 Å². The number of carbonyl (C=O) groups is 2. The number of carbonyl (C=O) groups excluding carboxylic acids is 2. The first-order valence-corrected chi connectivity index (χ1v) is 13.0. The number of aliphatic hydroxyl groups is 1. The number of nitrogens with zero attached hydrogens (tertiary/aromatic N) is 5. The second-order valence-electron chi connectivity index (χ2n) is 10.3. The van der Waals surface area contributed by atoms with E-state index in [9.17, 15) is 14.7 Å². The van der Waals surface area contributed by atoms with Gasteiger partial charge in [0.15, 0.2) is 5.69 Å². The van der Waals surface area contributed by atoms with Gasteiger partial charge in [0.1, 0.15) is 6.04 Å². The van der Waals surface area contributed by atoms with Gasteiger partial charge < -0.3 is 19.8 Å². The van der Waals surface area contributed by atoms with Crippen LogP contribution in [0.3, 0.4) is 0 Å². The van der Waals surface area contributed by atoms with E-state index in [1.807, 2.05) is 16.5 Å². The summed E-state index contributed by atoms with van der Waals surface area (Å²) < 4.78 is 1.83. The number of rotatable bonds is 4. The van der Waals surface area contributed by atoms with Crippen molar-refractivity contribution < 1.29 is 14.7 Å². The molecule has 3 aliphatic rings. The number of aromatic nitrogens is 2. The molecule has 2 amide bonds. The van der Waals surface area contributed by atoms with Gasteiger partial charge in [-0.3, -0.25) is 14.3 Å². The Morgan fingerprint density at radius 2 is 1.71 bits per heavy atom. The summed E-state index contributed by atoms with van der Waals surface area (Å²) in [5.41, 5.74) is 6.40. The van der Waals surface area contributed by atoms with Crippen molar-refractivity contribution in [3.05, 3.63) is 46.3 Å². The summed E-state index contributed by atoms with van der Waals surface area (Å²) >= 11 is 0. The molecule has 1 atom stereocenters. The van der Waals surface area contributed by atoms with Crippen LogP contribution in [0.5, 0.6) is 0 Å². The Morgan fingerprint density at radius 1 is 1.00 bits per heavy atom. The van der Waals surface area contributed by atoms with Crippen LogP contribution < -0.4 is 4.90 Å². The second kappa shape index (κ2) is 9.64. The van der Waals surface area contributed by atoms with Gasteiger partial charge in [-0.05, 0) is 70.1 Å². The Kier molecular flexibility index (Phi) is 6.57. The number of likely N-dealkylation sites (tertiary alicyclic amines) is 1. The molecule has 2 fully saturated rings. The molecule has 5 rings (SSSR count). The summed E-state index contributed by atoms with van der Waals surface area (Å²) in [6.45, 7) is 10.3. The highest BCUT2D eigenvalue weighted by Gasteiger charge is 2.34. The number of aryl methyl sites for hydroxylation is 1. The smallest absolute Gasteiger partial charge is 0.274 e. The predicted octanol–water partition coefficient (Wildman–Crippen LogP) is 2.50. The van der Waals surface area contributed by atoms with E-state index in [2.05, 4.69) is 36.9 Å². The normalized spacial score (nSPS) is 19.7. The second-order valence-corrected chi connectivity index (χ2v) is 10.3. The van der Waals surface area contributed by atoms with E-state index in [-0.39, 0.29) is 17.9 Å². The highest BCUT2D eigenvalue weighted by atomic mass is 16.3. The van der Waals surface area contributed by atoms with Gasteiger partial charge in [-0.15, -0.1) is 0 Å².